The summed E-state index contributed by atoms with van der Waals surface area (Å²) in [7, 11) is 0. The number of nitrogens with one attached hydrogen (secondary N) is 1. The summed E-state index contributed by atoms with van der Waals surface area (Å²) < 4.78 is 0. The molecule has 0 heterocycles. The molecule has 24 heavy (non-hydrogen) atoms. The van der Waals surface area contributed by atoms with E-state index >= 15 is 0 Å². The van der Waals surface area contributed by atoms with Crippen molar-refractivity contribution < 1.29 is 24.9 Å². The third kappa shape index (κ3) is 10.9. The minimum absolute atomic E-state index is 0.0921. The van der Waals surface area contributed by atoms with E-state index in [9.17, 15) is 14.7 Å². The molecule has 0 bridgehead atoms. The Hall–Kier alpha value is -1.79. The van der Waals surface area contributed by atoms with E-state index in [1.54, 1.807) is 6.92 Å². The van der Waals surface area contributed by atoms with Crippen molar-refractivity contribution >= 4 is 23.5 Å². The van der Waals surface area contributed by atoms with Crippen molar-refractivity contribution in [3.8, 4) is 5.75 Å². The van der Waals surface area contributed by atoms with Crippen molar-refractivity contribution in [3.63, 3.8) is 0 Å². The molecule has 1 amide bonds. The van der Waals surface area contributed by atoms with Gasteiger partial charge in [0.25, 0.3) is 5.91 Å². The number of amides is 1. The summed E-state index contributed by atoms with van der Waals surface area (Å²) in [6, 6.07) is 4.34. The molecule has 7 heteroatoms. The minimum atomic E-state index is -0.761. The zero-order valence-corrected chi connectivity index (χ0v) is 14.7. The quantitative estimate of drug-likeness (QED) is 0.506. The molecule has 0 saturated carbocycles. The maximum absolute atomic E-state index is 11.8. The third-order valence-corrected chi connectivity index (χ3v) is 3.29. The van der Waals surface area contributed by atoms with Gasteiger partial charge in [-0.2, -0.15) is 0 Å². The zero-order chi connectivity index (χ0) is 18.4. The molecule has 0 aliphatic carbocycles. The van der Waals surface area contributed by atoms with E-state index in [-0.39, 0.29) is 30.2 Å². The van der Waals surface area contributed by atoms with Gasteiger partial charge in [0.05, 0.1) is 5.56 Å². The monoisotopic (exact) mass is 359 g/mol. The molecule has 0 radical (unpaired) electrons. The molecule has 0 atom stereocenters. The molecule has 6 nitrogen and oxygen atoms in total. The first-order valence-electron chi connectivity index (χ1n) is 8.01. The van der Waals surface area contributed by atoms with Gasteiger partial charge < -0.3 is 20.6 Å². The Balaban J connectivity index is 0.00000163. The maximum Gasteiger partial charge on any atom is 0.303 e. The second-order valence-corrected chi connectivity index (χ2v) is 5.58. The number of hydrogen-bond acceptors (Lipinski definition) is 4. The second-order valence-electron chi connectivity index (χ2n) is 5.15. The number of aliphatic hydroxyl groups excluding tert-OH is 1. The van der Waals surface area contributed by atoms with Crippen LogP contribution in [0.25, 0.3) is 0 Å². The molecular weight excluding hydrogens is 334 g/mol. The standard InChI is InChI=1S/C15H20ClNO4.C2H6O/c16-11-7-8-13(18)12(10-11)15(21)17-9-5-3-1-2-4-6-14(19)20;1-2-3/h7-8,10,18H,1-6,9H2,(H,17,21)(H,19,20);3H,2H2,1H3. The number of aromatic hydroxyl groups is 1. The summed E-state index contributed by atoms with van der Waals surface area (Å²) in [6.07, 6.45) is 4.49. The van der Waals surface area contributed by atoms with E-state index < -0.39 is 5.97 Å². The molecule has 0 saturated heterocycles. The summed E-state index contributed by atoms with van der Waals surface area (Å²) in [5, 5.41) is 28.8. The van der Waals surface area contributed by atoms with Gasteiger partial charge >= 0.3 is 5.97 Å². The van der Waals surface area contributed by atoms with Crippen LogP contribution >= 0.6 is 11.6 Å². The molecule has 4 N–H and O–H groups in total. The topological polar surface area (TPSA) is 107 Å². The van der Waals surface area contributed by atoms with Gasteiger partial charge in [0.1, 0.15) is 5.75 Å². The fraction of sp³-hybridized carbons (Fsp3) is 0.529. The van der Waals surface area contributed by atoms with E-state index in [2.05, 4.69) is 5.32 Å². The highest BCUT2D eigenvalue weighted by Crippen LogP contribution is 2.21. The van der Waals surface area contributed by atoms with Gasteiger partial charge in [0.2, 0.25) is 0 Å². The van der Waals surface area contributed by atoms with Crippen LogP contribution in [0.1, 0.15) is 55.8 Å². The number of carboxylic acids is 1. The zero-order valence-electron chi connectivity index (χ0n) is 13.9. The molecule has 1 rings (SSSR count). The second kappa shape index (κ2) is 13.6. The number of rotatable bonds is 9. The average molecular weight is 360 g/mol. The van der Waals surface area contributed by atoms with Gasteiger partial charge in [-0.1, -0.05) is 30.9 Å². The van der Waals surface area contributed by atoms with E-state index in [0.29, 0.717) is 18.0 Å². The highest BCUT2D eigenvalue weighted by atomic mass is 35.5. The van der Waals surface area contributed by atoms with Gasteiger partial charge in [0.15, 0.2) is 0 Å². The number of aliphatic carboxylic acids is 1. The van der Waals surface area contributed by atoms with Gasteiger partial charge in [-0.3, -0.25) is 9.59 Å². The highest BCUT2D eigenvalue weighted by Gasteiger charge is 2.10. The summed E-state index contributed by atoms with van der Waals surface area (Å²) >= 11 is 5.78. The van der Waals surface area contributed by atoms with E-state index in [0.717, 1.165) is 25.7 Å². The number of aliphatic hydroxyl groups is 1. The van der Waals surface area contributed by atoms with Crippen LogP contribution in [0.5, 0.6) is 5.75 Å². The number of carboxylic acid groups (broad SMARTS) is 1. The molecule has 0 unspecified atom stereocenters. The molecule has 1 aromatic carbocycles. The number of benzene rings is 1. The lowest BCUT2D eigenvalue weighted by Gasteiger charge is -2.07. The largest absolute Gasteiger partial charge is 0.507 e. The smallest absolute Gasteiger partial charge is 0.303 e. The SMILES string of the molecule is CCO.O=C(O)CCCCCCCNC(=O)c1cc(Cl)ccc1O. The Bertz CT molecular complexity index is 508. The number of carbonyl (C=O) groups is 2. The minimum Gasteiger partial charge on any atom is -0.507 e. The summed E-state index contributed by atoms with van der Waals surface area (Å²) in [4.78, 5) is 22.2. The number of phenols is 1. The fourth-order valence-corrected chi connectivity index (χ4v) is 2.09. The molecule has 0 aliphatic heterocycles. The van der Waals surface area contributed by atoms with Crippen molar-refractivity contribution in [1.82, 2.24) is 5.32 Å². The first-order valence-corrected chi connectivity index (χ1v) is 8.39. The van der Waals surface area contributed by atoms with Crippen LogP contribution in [0, 0.1) is 0 Å². The Kier molecular flexibility index (Phi) is 12.6. The Morgan fingerprint density at radius 1 is 1.12 bits per heavy atom. The van der Waals surface area contributed by atoms with E-state index in [1.165, 1.54) is 18.2 Å². The van der Waals surface area contributed by atoms with E-state index in [1.807, 2.05) is 0 Å². The van der Waals surface area contributed by atoms with Crippen molar-refractivity contribution in [1.29, 1.82) is 0 Å². The summed E-state index contributed by atoms with van der Waals surface area (Å²) in [5.41, 5.74) is 0.170. The molecule has 1 aromatic rings. The lowest BCUT2D eigenvalue weighted by Crippen LogP contribution is -2.24. The molecule has 136 valence electrons. The predicted octanol–water partition coefficient (Wildman–Crippen LogP) is 3.20. The lowest BCUT2D eigenvalue weighted by atomic mass is 10.1. The van der Waals surface area contributed by atoms with Gasteiger partial charge in [0, 0.05) is 24.6 Å². The fourth-order valence-electron chi connectivity index (χ4n) is 1.92. The van der Waals surface area contributed by atoms with Gasteiger partial charge in [-0.15, -0.1) is 0 Å². The van der Waals surface area contributed by atoms with Crippen LogP contribution in [-0.4, -0.2) is 40.3 Å². The van der Waals surface area contributed by atoms with Crippen LogP contribution in [-0.2, 0) is 4.79 Å². The van der Waals surface area contributed by atoms with E-state index in [4.69, 9.17) is 21.8 Å². The van der Waals surface area contributed by atoms with Crippen molar-refractivity contribution in [2.24, 2.45) is 0 Å². The van der Waals surface area contributed by atoms with Crippen LogP contribution < -0.4 is 5.32 Å². The third-order valence-electron chi connectivity index (χ3n) is 3.06. The Morgan fingerprint density at radius 3 is 2.33 bits per heavy atom. The summed E-state index contributed by atoms with van der Waals surface area (Å²) in [6.45, 7) is 2.45. The van der Waals surface area contributed by atoms with Crippen LogP contribution in [0.3, 0.4) is 0 Å². The first-order chi connectivity index (χ1) is 11.4. The average Bonchev–Trinajstić information content (AvgIpc) is 2.52. The van der Waals surface area contributed by atoms with Gasteiger partial charge in [-0.25, -0.2) is 0 Å². The van der Waals surface area contributed by atoms with Crippen molar-refractivity contribution in [2.45, 2.75) is 45.4 Å². The molecule has 0 aromatic heterocycles. The molecule has 0 aliphatic rings. The molecular formula is C17H26ClNO5. The maximum atomic E-state index is 11.8. The number of phenolic OH excluding ortho intramolecular Hbond substituents is 1. The van der Waals surface area contributed by atoms with Crippen LogP contribution in [0.2, 0.25) is 5.02 Å². The lowest BCUT2D eigenvalue weighted by molar-refractivity contribution is -0.137. The number of unbranched alkanes of at least 4 members (excludes halogenated alkanes) is 4. The Labute approximate surface area is 147 Å². The van der Waals surface area contributed by atoms with Crippen molar-refractivity contribution in [2.75, 3.05) is 13.2 Å². The highest BCUT2D eigenvalue weighted by molar-refractivity contribution is 6.31. The normalized spacial score (nSPS) is 9.79. The molecule has 0 spiro atoms. The van der Waals surface area contributed by atoms with Gasteiger partial charge in [-0.05, 0) is 38.0 Å². The van der Waals surface area contributed by atoms with Crippen LogP contribution in [0.15, 0.2) is 18.2 Å². The van der Waals surface area contributed by atoms with Crippen molar-refractivity contribution in [3.05, 3.63) is 28.8 Å². The predicted molar refractivity (Wildman–Crippen MR) is 93.5 cm³/mol. The number of halogens is 1. The first kappa shape index (κ1) is 22.2. The molecule has 0 fully saturated rings. The summed E-state index contributed by atoms with van der Waals surface area (Å²) in [5.74, 6) is -1.20. The van der Waals surface area contributed by atoms with Crippen LogP contribution in [0.4, 0.5) is 0 Å². The number of carbonyl (C=O) groups excluding carboxylic acids is 1. The Morgan fingerprint density at radius 2 is 1.71 bits per heavy atom. The number of hydrogen-bond donors (Lipinski definition) is 4.